The lowest BCUT2D eigenvalue weighted by molar-refractivity contribution is 1.01. The number of fused-ring (bicyclic) bond motifs is 1. The molecule has 0 saturated carbocycles. The fraction of sp³-hybridized carbons (Fsp3) is 0.167. The summed E-state index contributed by atoms with van der Waals surface area (Å²) in [5, 5.41) is 0. The fourth-order valence-electron chi connectivity index (χ4n) is 2.64. The number of hydrogen-bond acceptors (Lipinski definition) is 1. The number of nitrogens with zero attached hydrogens (tertiary/aromatic N) is 2. The smallest absolute Gasteiger partial charge is 0.201 e. The molecule has 21 heavy (non-hydrogen) atoms. The summed E-state index contributed by atoms with van der Waals surface area (Å²) in [6.45, 7) is 4.64. The molecule has 3 heteroatoms. The van der Waals surface area contributed by atoms with Gasteiger partial charge in [-0.3, -0.25) is 0 Å². The van der Waals surface area contributed by atoms with Gasteiger partial charge >= 0.3 is 0 Å². The second-order valence-electron chi connectivity index (χ2n) is 5.16. The van der Waals surface area contributed by atoms with Crippen LogP contribution in [0.3, 0.4) is 0 Å². The number of nitrogens with two attached hydrogens (primary N) is 1. The Morgan fingerprint density at radius 2 is 1.95 bits per heavy atom. The van der Waals surface area contributed by atoms with E-state index in [9.17, 15) is 0 Å². The third kappa shape index (κ3) is 2.82. The lowest BCUT2D eigenvalue weighted by Crippen LogP contribution is -2.35. The molecule has 2 aromatic rings. The summed E-state index contributed by atoms with van der Waals surface area (Å²) in [6.07, 6.45) is 3.79. The van der Waals surface area contributed by atoms with Gasteiger partial charge in [0.25, 0.3) is 0 Å². The number of rotatable bonds is 3. The van der Waals surface area contributed by atoms with E-state index in [4.69, 9.17) is 5.73 Å². The molecule has 106 valence electrons. The third-order valence-corrected chi connectivity index (χ3v) is 3.72. The second-order valence-corrected chi connectivity index (χ2v) is 5.16. The first-order valence-electron chi connectivity index (χ1n) is 7.17. The quantitative estimate of drug-likeness (QED) is 0.530. The zero-order valence-corrected chi connectivity index (χ0v) is 12.0. The van der Waals surface area contributed by atoms with E-state index in [1.54, 1.807) is 0 Å². The van der Waals surface area contributed by atoms with Gasteiger partial charge in [0.15, 0.2) is 0 Å². The van der Waals surface area contributed by atoms with Crippen LogP contribution in [0.5, 0.6) is 0 Å². The average molecular weight is 277 g/mol. The van der Waals surface area contributed by atoms with E-state index in [-0.39, 0.29) is 0 Å². The molecule has 3 rings (SSSR count). The Hall–Kier alpha value is -2.55. The van der Waals surface area contributed by atoms with Gasteiger partial charge in [0.2, 0.25) is 5.96 Å². The predicted molar refractivity (Wildman–Crippen MR) is 89.1 cm³/mol. The molecule has 0 unspecified atom stereocenters. The first-order valence-corrected chi connectivity index (χ1v) is 7.17. The molecule has 1 aliphatic heterocycles. The maximum absolute atomic E-state index is 6.18. The highest BCUT2D eigenvalue weighted by atomic mass is 15.3. The number of anilines is 1. The summed E-state index contributed by atoms with van der Waals surface area (Å²) in [5.74, 6) is 0.552. The van der Waals surface area contributed by atoms with E-state index in [0.717, 1.165) is 25.1 Å². The first-order chi connectivity index (χ1) is 10.3. The van der Waals surface area contributed by atoms with Crippen molar-refractivity contribution in [3.8, 4) is 0 Å². The molecule has 1 heterocycles. The van der Waals surface area contributed by atoms with E-state index in [0.29, 0.717) is 5.96 Å². The number of benzene rings is 2. The average Bonchev–Trinajstić information content (AvgIpc) is 2.93. The van der Waals surface area contributed by atoms with E-state index >= 15 is 0 Å². The minimum absolute atomic E-state index is 0.552. The van der Waals surface area contributed by atoms with Crippen LogP contribution in [0.1, 0.15) is 11.1 Å². The van der Waals surface area contributed by atoms with Crippen LogP contribution in [0, 0.1) is 0 Å². The van der Waals surface area contributed by atoms with E-state index < -0.39 is 0 Å². The van der Waals surface area contributed by atoms with Crippen molar-refractivity contribution >= 4 is 17.3 Å². The Balaban J connectivity index is 1.82. The monoisotopic (exact) mass is 277 g/mol. The normalized spacial score (nSPS) is 14.1. The van der Waals surface area contributed by atoms with Crippen molar-refractivity contribution in [2.45, 2.75) is 12.8 Å². The van der Waals surface area contributed by atoms with Crippen molar-refractivity contribution in [1.29, 1.82) is 0 Å². The number of para-hydroxylation sites is 1. The van der Waals surface area contributed by atoms with Crippen molar-refractivity contribution < 1.29 is 0 Å². The van der Waals surface area contributed by atoms with E-state index in [2.05, 4.69) is 46.8 Å². The molecule has 0 aromatic heterocycles. The largest absolute Gasteiger partial charge is 0.369 e. The van der Waals surface area contributed by atoms with Crippen molar-refractivity contribution in [3.63, 3.8) is 0 Å². The number of guanidine groups is 1. The summed E-state index contributed by atoms with van der Waals surface area (Å²) in [6, 6.07) is 16.5. The summed E-state index contributed by atoms with van der Waals surface area (Å²) in [5.41, 5.74) is 10.8. The lowest BCUT2D eigenvalue weighted by atomic mass is 10.1. The maximum Gasteiger partial charge on any atom is 0.201 e. The van der Waals surface area contributed by atoms with Crippen LogP contribution >= 0.6 is 0 Å². The molecule has 2 N–H and O–H groups in total. The summed E-state index contributed by atoms with van der Waals surface area (Å²) >= 11 is 0. The molecule has 3 nitrogen and oxygen atoms in total. The van der Waals surface area contributed by atoms with Crippen LogP contribution in [0.15, 0.2) is 66.2 Å². The molecule has 0 atom stereocenters. The first kappa shape index (κ1) is 13.4. The molecule has 2 aromatic carbocycles. The fourth-order valence-corrected chi connectivity index (χ4v) is 2.64. The standard InChI is InChI=1S/C18H19N3/c1-2-5-14-8-10-16(11-9-14)20-18(19)21-13-12-15-6-3-4-7-17(15)21/h2-4,6-11H,1,5,12-13H2,(H2,19,20). The Labute approximate surface area is 125 Å². The summed E-state index contributed by atoms with van der Waals surface area (Å²) in [4.78, 5) is 6.61. The van der Waals surface area contributed by atoms with Crippen molar-refractivity contribution in [2.75, 3.05) is 11.4 Å². The zero-order chi connectivity index (χ0) is 14.7. The van der Waals surface area contributed by atoms with Crippen LogP contribution in [-0.4, -0.2) is 12.5 Å². The highest BCUT2D eigenvalue weighted by Gasteiger charge is 2.20. The molecular weight excluding hydrogens is 258 g/mol. The van der Waals surface area contributed by atoms with Gasteiger partial charge in [-0.1, -0.05) is 36.4 Å². The van der Waals surface area contributed by atoms with E-state index in [1.165, 1.54) is 16.8 Å². The maximum atomic E-state index is 6.18. The number of hydrogen-bond donors (Lipinski definition) is 1. The Morgan fingerprint density at radius 1 is 1.19 bits per heavy atom. The van der Waals surface area contributed by atoms with Gasteiger partial charge in [0.1, 0.15) is 0 Å². The van der Waals surface area contributed by atoms with Crippen molar-refractivity contribution in [3.05, 3.63) is 72.3 Å². The molecule has 0 radical (unpaired) electrons. The second kappa shape index (κ2) is 5.83. The summed E-state index contributed by atoms with van der Waals surface area (Å²) < 4.78 is 0. The van der Waals surface area contributed by atoms with E-state index in [1.807, 2.05) is 24.3 Å². The van der Waals surface area contributed by atoms with Gasteiger partial charge in [-0.05, 0) is 42.2 Å². The summed E-state index contributed by atoms with van der Waals surface area (Å²) in [7, 11) is 0. The molecule has 0 bridgehead atoms. The van der Waals surface area contributed by atoms with Gasteiger partial charge in [0, 0.05) is 12.2 Å². The molecule has 0 amide bonds. The lowest BCUT2D eigenvalue weighted by Gasteiger charge is -2.18. The van der Waals surface area contributed by atoms with Gasteiger partial charge in [-0.2, -0.15) is 0 Å². The molecular formula is C18H19N3. The Bertz CT molecular complexity index is 671. The van der Waals surface area contributed by atoms with Crippen molar-refractivity contribution in [1.82, 2.24) is 0 Å². The number of allylic oxidation sites excluding steroid dienone is 1. The highest BCUT2D eigenvalue weighted by Crippen LogP contribution is 2.27. The van der Waals surface area contributed by atoms with Gasteiger partial charge in [0.05, 0.1) is 5.69 Å². The van der Waals surface area contributed by atoms with Crippen LogP contribution in [-0.2, 0) is 12.8 Å². The predicted octanol–water partition coefficient (Wildman–Crippen LogP) is 3.42. The molecule has 0 spiro atoms. The van der Waals surface area contributed by atoms with Gasteiger partial charge in [-0.15, -0.1) is 6.58 Å². The zero-order valence-electron chi connectivity index (χ0n) is 12.0. The van der Waals surface area contributed by atoms with Crippen LogP contribution in [0.25, 0.3) is 0 Å². The molecule has 0 saturated heterocycles. The van der Waals surface area contributed by atoms with Crippen molar-refractivity contribution in [2.24, 2.45) is 10.7 Å². The minimum Gasteiger partial charge on any atom is -0.369 e. The minimum atomic E-state index is 0.552. The van der Waals surface area contributed by atoms with Crippen LogP contribution < -0.4 is 10.6 Å². The third-order valence-electron chi connectivity index (χ3n) is 3.72. The van der Waals surface area contributed by atoms with Crippen LogP contribution in [0.4, 0.5) is 11.4 Å². The molecule has 1 aliphatic rings. The van der Waals surface area contributed by atoms with Crippen LogP contribution in [0.2, 0.25) is 0 Å². The number of aliphatic imine (C=N–C) groups is 1. The van der Waals surface area contributed by atoms with Gasteiger partial charge < -0.3 is 10.6 Å². The molecule has 0 fully saturated rings. The topological polar surface area (TPSA) is 41.6 Å². The Morgan fingerprint density at radius 3 is 2.71 bits per heavy atom. The highest BCUT2D eigenvalue weighted by molar-refractivity contribution is 5.98. The Kier molecular flexibility index (Phi) is 3.73. The van der Waals surface area contributed by atoms with Gasteiger partial charge in [-0.25, -0.2) is 4.99 Å². The SMILES string of the molecule is C=CCc1ccc(N=C(N)N2CCc3ccccc32)cc1. The molecule has 0 aliphatic carbocycles.